The highest BCUT2D eigenvalue weighted by molar-refractivity contribution is 9.10. The molecule has 1 fully saturated rings. The number of alkyl halides is 2. The second-order valence-corrected chi connectivity index (χ2v) is 6.65. The van der Waals surface area contributed by atoms with Gasteiger partial charge in [-0.3, -0.25) is 9.58 Å². The average Bonchev–Trinajstić information content (AvgIpc) is 2.89. The number of pyridine rings is 1. The molecule has 5 nitrogen and oxygen atoms in total. The Kier molecular flexibility index (Phi) is 5.09. The third-order valence-electron chi connectivity index (χ3n) is 4.00. The van der Waals surface area contributed by atoms with Crippen molar-refractivity contribution in [1.82, 2.24) is 19.7 Å². The number of halogens is 4. The molecule has 1 aliphatic rings. The first-order chi connectivity index (χ1) is 11.4. The molecule has 0 saturated carbocycles. The molecule has 130 valence electrons. The lowest BCUT2D eigenvalue weighted by molar-refractivity contribution is 0.142. The monoisotopic (exact) mass is 403 g/mol. The third-order valence-corrected chi connectivity index (χ3v) is 4.43. The van der Waals surface area contributed by atoms with E-state index in [1.165, 1.54) is 10.7 Å². The maximum Gasteiger partial charge on any atom is 0.282 e. The van der Waals surface area contributed by atoms with E-state index in [2.05, 4.69) is 30.9 Å². The molecule has 9 heteroatoms. The summed E-state index contributed by atoms with van der Waals surface area (Å²) in [5.74, 6) is -0.0439. The second-order valence-electron chi connectivity index (χ2n) is 5.74. The van der Waals surface area contributed by atoms with Crippen LogP contribution in [-0.2, 0) is 13.6 Å². The Bertz CT molecular complexity index is 713. The van der Waals surface area contributed by atoms with Gasteiger partial charge in [-0.05, 0) is 22.0 Å². The molecule has 0 unspecified atom stereocenters. The summed E-state index contributed by atoms with van der Waals surface area (Å²) in [5, 5.41) is 3.82. The SMILES string of the molecule is Cn1cc(CN2CCN(c3ncc(Br)cc3F)CC2)c(C(F)F)n1. The summed E-state index contributed by atoms with van der Waals surface area (Å²) in [4.78, 5) is 8.06. The third kappa shape index (κ3) is 3.72. The Hall–Kier alpha value is -1.61. The van der Waals surface area contributed by atoms with E-state index in [9.17, 15) is 13.2 Å². The number of anilines is 1. The van der Waals surface area contributed by atoms with Crippen LogP contribution in [0.25, 0.3) is 0 Å². The lowest BCUT2D eigenvalue weighted by Crippen LogP contribution is -2.46. The number of aromatic nitrogens is 3. The van der Waals surface area contributed by atoms with Gasteiger partial charge in [-0.2, -0.15) is 5.10 Å². The van der Waals surface area contributed by atoms with E-state index >= 15 is 0 Å². The quantitative estimate of drug-likeness (QED) is 0.786. The van der Waals surface area contributed by atoms with Gasteiger partial charge in [0.25, 0.3) is 6.43 Å². The fourth-order valence-electron chi connectivity index (χ4n) is 2.86. The van der Waals surface area contributed by atoms with Crippen molar-refractivity contribution in [3.05, 3.63) is 40.0 Å². The normalized spacial score (nSPS) is 16.2. The largest absolute Gasteiger partial charge is 0.352 e. The Morgan fingerprint density at radius 2 is 1.96 bits per heavy atom. The molecule has 1 aliphatic heterocycles. The van der Waals surface area contributed by atoms with E-state index in [1.807, 2.05) is 4.90 Å². The first kappa shape index (κ1) is 17.2. The van der Waals surface area contributed by atoms with Gasteiger partial charge in [0.05, 0.1) is 0 Å². The summed E-state index contributed by atoms with van der Waals surface area (Å²) < 4.78 is 42.0. The Labute approximate surface area is 146 Å². The van der Waals surface area contributed by atoms with E-state index in [0.29, 0.717) is 48.6 Å². The lowest BCUT2D eigenvalue weighted by atomic mass is 10.2. The molecule has 0 bridgehead atoms. The summed E-state index contributed by atoms with van der Waals surface area (Å²) in [6.07, 6.45) is 0.614. The van der Waals surface area contributed by atoms with Crippen molar-refractivity contribution in [3.63, 3.8) is 0 Å². The highest BCUT2D eigenvalue weighted by Gasteiger charge is 2.24. The van der Waals surface area contributed by atoms with Crippen LogP contribution in [-0.4, -0.2) is 45.8 Å². The molecule has 2 aromatic heterocycles. The summed E-state index contributed by atoms with van der Waals surface area (Å²) in [5.41, 5.74) is 0.370. The first-order valence-corrected chi connectivity index (χ1v) is 8.32. The van der Waals surface area contributed by atoms with Gasteiger partial charge < -0.3 is 4.90 Å². The molecule has 0 atom stereocenters. The zero-order valence-corrected chi connectivity index (χ0v) is 14.7. The number of aryl methyl sites for hydroxylation is 1. The van der Waals surface area contributed by atoms with Crippen LogP contribution in [0.3, 0.4) is 0 Å². The second kappa shape index (κ2) is 7.10. The lowest BCUT2D eigenvalue weighted by Gasteiger charge is -2.35. The van der Waals surface area contributed by atoms with Gasteiger partial charge in [-0.25, -0.2) is 18.2 Å². The maximum absolute atomic E-state index is 14.0. The molecular formula is C15H17BrF3N5. The molecule has 0 N–H and O–H groups in total. The van der Waals surface area contributed by atoms with Crippen molar-refractivity contribution in [2.24, 2.45) is 7.05 Å². The maximum atomic E-state index is 14.0. The minimum atomic E-state index is -2.58. The van der Waals surface area contributed by atoms with Gasteiger partial charge in [0, 0.05) is 62.2 Å². The fraction of sp³-hybridized carbons (Fsp3) is 0.467. The van der Waals surface area contributed by atoms with Gasteiger partial charge >= 0.3 is 0 Å². The number of piperazine rings is 1. The molecule has 1 saturated heterocycles. The number of nitrogens with zero attached hydrogens (tertiary/aromatic N) is 5. The zero-order valence-electron chi connectivity index (χ0n) is 13.1. The first-order valence-electron chi connectivity index (χ1n) is 7.53. The number of hydrogen-bond donors (Lipinski definition) is 0. The van der Waals surface area contributed by atoms with Crippen LogP contribution >= 0.6 is 15.9 Å². The molecule has 0 spiro atoms. The van der Waals surface area contributed by atoms with Gasteiger partial charge in [0.1, 0.15) is 5.69 Å². The molecule has 0 aliphatic carbocycles. The Morgan fingerprint density at radius 3 is 2.58 bits per heavy atom. The summed E-state index contributed by atoms with van der Waals surface area (Å²) in [6.45, 7) is 2.90. The van der Waals surface area contributed by atoms with Crippen LogP contribution in [0.4, 0.5) is 19.0 Å². The van der Waals surface area contributed by atoms with Gasteiger partial charge in [0.15, 0.2) is 11.6 Å². The molecular weight excluding hydrogens is 387 g/mol. The highest BCUT2D eigenvalue weighted by Crippen LogP contribution is 2.24. The predicted octanol–water partition coefficient (Wildman–Crippen LogP) is 2.98. The van der Waals surface area contributed by atoms with Crippen LogP contribution in [0.5, 0.6) is 0 Å². The van der Waals surface area contributed by atoms with Crippen molar-refractivity contribution in [2.45, 2.75) is 13.0 Å². The number of rotatable bonds is 4. The topological polar surface area (TPSA) is 37.2 Å². The van der Waals surface area contributed by atoms with E-state index < -0.39 is 6.43 Å². The zero-order chi connectivity index (χ0) is 17.3. The van der Waals surface area contributed by atoms with Crippen LogP contribution in [0.1, 0.15) is 17.7 Å². The van der Waals surface area contributed by atoms with Crippen LogP contribution < -0.4 is 4.90 Å². The molecule has 2 aromatic rings. The van der Waals surface area contributed by atoms with Gasteiger partial charge in [-0.15, -0.1) is 0 Å². The average molecular weight is 404 g/mol. The van der Waals surface area contributed by atoms with Crippen molar-refractivity contribution < 1.29 is 13.2 Å². The van der Waals surface area contributed by atoms with Crippen LogP contribution in [0.2, 0.25) is 0 Å². The van der Waals surface area contributed by atoms with E-state index in [-0.39, 0.29) is 11.5 Å². The smallest absolute Gasteiger partial charge is 0.282 e. The highest BCUT2D eigenvalue weighted by atomic mass is 79.9. The van der Waals surface area contributed by atoms with Crippen LogP contribution in [0.15, 0.2) is 22.9 Å². The van der Waals surface area contributed by atoms with Crippen LogP contribution in [0, 0.1) is 5.82 Å². The van der Waals surface area contributed by atoms with Crippen molar-refractivity contribution in [3.8, 4) is 0 Å². The number of hydrogen-bond acceptors (Lipinski definition) is 4. The molecule has 0 amide bonds. The van der Waals surface area contributed by atoms with Gasteiger partial charge in [0.2, 0.25) is 0 Å². The summed E-state index contributed by atoms with van der Waals surface area (Å²) >= 11 is 3.19. The minimum absolute atomic E-state index is 0.166. The fourth-order valence-corrected chi connectivity index (χ4v) is 3.16. The molecule has 0 aromatic carbocycles. The molecule has 24 heavy (non-hydrogen) atoms. The Balaban J connectivity index is 1.63. The standard InChI is InChI=1S/C15H17BrF3N5/c1-22-8-10(13(21-22)14(18)19)9-23-2-4-24(5-3-23)15-12(17)6-11(16)7-20-15/h6-8,14H,2-5,9H2,1H3. The van der Waals surface area contributed by atoms with Crippen molar-refractivity contribution in [2.75, 3.05) is 31.1 Å². The van der Waals surface area contributed by atoms with Gasteiger partial charge in [-0.1, -0.05) is 0 Å². The molecule has 3 heterocycles. The Morgan fingerprint density at radius 1 is 1.25 bits per heavy atom. The summed E-state index contributed by atoms with van der Waals surface area (Å²) in [6, 6.07) is 1.39. The van der Waals surface area contributed by atoms with E-state index in [0.717, 1.165) is 0 Å². The van der Waals surface area contributed by atoms with E-state index in [1.54, 1.807) is 19.4 Å². The predicted molar refractivity (Wildman–Crippen MR) is 87.6 cm³/mol. The minimum Gasteiger partial charge on any atom is -0.352 e. The molecule has 0 radical (unpaired) electrons. The summed E-state index contributed by atoms with van der Waals surface area (Å²) in [7, 11) is 1.63. The molecule has 3 rings (SSSR count). The van der Waals surface area contributed by atoms with Crippen molar-refractivity contribution in [1.29, 1.82) is 0 Å². The van der Waals surface area contributed by atoms with Crippen molar-refractivity contribution >= 4 is 21.7 Å². The van der Waals surface area contributed by atoms with E-state index in [4.69, 9.17) is 0 Å².